The average molecular weight is 480 g/mol. The van der Waals surface area contributed by atoms with Gasteiger partial charge in [-0.3, -0.25) is 4.79 Å². The van der Waals surface area contributed by atoms with Crippen molar-refractivity contribution in [2.75, 3.05) is 6.61 Å². The third kappa shape index (κ3) is 8.98. The van der Waals surface area contributed by atoms with Crippen LogP contribution in [0.15, 0.2) is 58.7 Å². The Morgan fingerprint density at radius 3 is 2.35 bits per heavy atom. The second-order valence-corrected chi connectivity index (χ2v) is 9.89. The molecule has 1 aliphatic rings. The van der Waals surface area contributed by atoms with E-state index >= 15 is 0 Å². The molecule has 1 amide bonds. The maximum atomic E-state index is 12.3. The molecule has 0 aromatic heterocycles. The number of unbranched alkanes of at least 4 members (excludes halogenated alkanes) is 5. The van der Waals surface area contributed by atoms with Crippen LogP contribution >= 0.6 is 11.8 Å². The number of carbonyl (C=O) groups is 1. The van der Waals surface area contributed by atoms with E-state index in [4.69, 9.17) is 4.74 Å². The van der Waals surface area contributed by atoms with Crippen LogP contribution in [0.3, 0.4) is 0 Å². The highest BCUT2D eigenvalue weighted by molar-refractivity contribution is 8.15. The van der Waals surface area contributed by atoms with Gasteiger partial charge in [-0.05, 0) is 66.6 Å². The Morgan fingerprint density at radius 2 is 1.62 bits per heavy atom. The number of amidine groups is 1. The van der Waals surface area contributed by atoms with Gasteiger partial charge < -0.3 is 10.1 Å². The van der Waals surface area contributed by atoms with E-state index in [-0.39, 0.29) is 11.2 Å². The number of benzene rings is 2. The summed E-state index contributed by atoms with van der Waals surface area (Å²) in [5.41, 5.74) is 3.46. The Balaban J connectivity index is 1.43. The molecule has 182 valence electrons. The van der Waals surface area contributed by atoms with E-state index in [0.717, 1.165) is 30.8 Å². The highest BCUT2D eigenvalue weighted by Crippen LogP contribution is 2.24. The minimum absolute atomic E-state index is 0.00907. The topological polar surface area (TPSA) is 63.1 Å². The first kappa shape index (κ1) is 26.0. The van der Waals surface area contributed by atoms with Crippen molar-refractivity contribution in [2.45, 2.75) is 76.9 Å². The lowest BCUT2D eigenvalue weighted by molar-refractivity contribution is -0.118. The van der Waals surface area contributed by atoms with Crippen LogP contribution in [0.25, 0.3) is 0 Å². The van der Waals surface area contributed by atoms with Gasteiger partial charge in [0, 0.05) is 0 Å². The summed E-state index contributed by atoms with van der Waals surface area (Å²) in [5.74, 6) is 0.865. The highest BCUT2D eigenvalue weighted by Gasteiger charge is 2.30. The number of nitrogens with zero attached hydrogens (tertiary/aromatic N) is 2. The quantitative estimate of drug-likeness (QED) is 0.190. The smallest absolute Gasteiger partial charge is 0.239 e. The van der Waals surface area contributed by atoms with Crippen LogP contribution in [0.5, 0.6) is 5.75 Å². The summed E-state index contributed by atoms with van der Waals surface area (Å²) in [6.07, 6.45) is 12.0. The van der Waals surface area contributed by atoms with Gasteiger partial charge in [0.15, 0.2) is 5.17 Å². The van der Waals surface area contributed by atoms with Crippen molar-refractivity contribution >= 4 is 29.1 Å². The molecule has 1 unspecified atom stereocenters. The number of thioether (sulfide) groups is 1. The summed E-state index contributed by atoms with van der Waals surface area (Å²) in [6, 6.07) is 16.4. The minimum Gasteiger partial charge on any atom is -0.494 e. The first-order chi connectivity index (χ1) is 16.7. The summed E-state index contributed by atoms with van der Waals surface area (Å²) in [5, 5.41) is 11.6. The van der Waals surface area contributed by atoms with E-state index in [2.05, 4.69) is 53.6 Å². The molecule has 0 spiro atoms. The molecule has 0 saturated carbocycles. The number of rotatable bonds is 14. The molecule has 2 aromatic carbocycles. The molecule has 1 atom stereocenters. The fraction of sp³-hybridized carbons (Fsp3) is 0.464. The number of carbonyl (C=O) groups excluding carboxylic acids is 1. The largest absolute Gasteiger partial charge is 0.494 e. The van der Waals surface area contributed by atoms with Crippen LogP contribution in [-0.4, -0.2) is 29.1 Å². The standard InChI is InChI=1S/C28H37N3O2S/c1-3-5-7-8-9-19-33-25-17-15-24(16-18-25)21-29-31-28-30-27(32)26(34-28)20-23-13-11-22(12-14-23)10-6-4-2/h11-18,21,26H,3-10,19-20H2,1-2H3,(H,30,31,32). The number of aryl methyl sites for hydroxylation is 1. The molecule has 3 rings (SSSR count). The molecule has 1 fully saturated rings. The van der Waals surface area contributed by atoms with Crippen LogP contribution in [0.2, 0.25) is 0 Å². The Bertz CT molecular complexity index is 939. The molecular weight excluding hydrogens is 442 g/mol. The molecule has 1 heterocycles. The van der Waals surface area contributed by atoms with Gasteiger partial charge in [0.2, 0.25) is 5.91 Å². The van der Waals surface area contributed by atoms with Gasteiger partial charge in [-0.2, -0.15) is 5.10 Å². The maximum Gasteiger partial charge on any atom is 0.239 e. The fourth-order valence-electron chi connectivity index (χ4n) is 3.72. The van der Waals surface area contributed by atoms with Gasteiger partial charge in [0.1, 0.15) is 5.75 Å². The van der Waals surface area contributed by atoms with Crippen molar-refractivity contribution in [1.29, 1.82) is 0 Å². The molecular formula is C28H37N3O2S. The van der Waals surface area contributed by atoms with Crippen molar-refractivity contribution in [3.8, 4) is 5.75 Å². The number of hydrogen-bond acceptors (Lipinski definition) is 5. The monoisotopic (exact) mass is 479 g/mol. The predicted octanol–water partition coefficient (Wildman–Crippen LogP) is 6.54. The zero-order valence-electron chi connectivity index (χ0n) is 20.5. The van der Waals surface area contributed by atoms with Crippen LogP contribution in [0.4, 0.5) is 0 Å². The SMILES string of the molecule is CCCCCCCOc1ccc(C=NN=C2NC(=O)C(Cc3ccc(CCCC)cc3)S2)cc1. The summed E-state index contributed by atoms with van der Waals surface area (Å²) in [4.78, 5) is 12.3. The maximum absolute atomic E-state index is 12.3. The molecule has 1 N–H and O–H groups in total. The molecule has 34 heavy (non-hydrogen) atoms. The third-order valence-corrected chi connectivity index (χ3v) is 6.86. The predicted molar refractivity (Wildman–Crippen MR) is 144 cm³/mol. The van der Waals surface area contributed by atoms with E-state index < -0.39 is 0 Å². The van der Waals surface area contributed by atoms with Crippen LogP contribution < -0.4 is 10.1 Å². The molecule has 1 saturated heterocycles. The van der Waals surface area contributed by atoms with Gasteiger partial charge in [0.05, 0.1) is 18.1 Å². The molecule has 6 heteroatoms. The lowest BCUT2D eigenvalue weighted by Crippen LogP contribution is -2.25. The Morgan fingerprint density at radius 1 is 0.912 bits per heavy atom. The van der Waals surface area contributed by atoms with Crippen molar-refractivity contribution in [1.82, 2.24) is 5.32 Å². The van der Waals surface area contributed by atoms with E-state index in [0.29, 0.717) is 11.6 Å². The average Bonchev–Trinajstić information content (AvgIpc) is 3.20. The van der Waals surface area contributed by atoms with Gasteiger partial charge in [0.25, 0.3) is 0 Å². The van der Waals surface area contributed by atoms with Crippen LogP contribution in [0, 0.1) is 0 Å². The van der Waals surface area contributed by atoms with Crippen molar-refractivity contribution in [3.05, 3.63) is 65.2 Å². The Hall–Kier alpha value is -2.60. The summed E-state index contributed by atoms with van der Waals surface area (Å²) in [6.45, 7) is 5.18. The Kier molecular flexibility index (Phi) is 11.2. The van der Waals surface area contributed by atoms with Gasteiger partial charge in [-0.25, -0.2) is 0 Å². The summed E-state index contributed by atoms with van der Waals surface area (Å²) in [7, 11) is 0. The molecule has 0 radical (unpaired) electrons. The second-order valence-electron chi connectivity index (χ2n) is 8.70. The van der Waals surface area contributed by atoms with Gasteiger partial charge >= 0.3 is 0 Å². The lowest BCUT2D eigenvalue weighted by atomic mass is 10.0. The van der Waals surface area contributed by atoms with Crippen molar-refractivity contribution in [2.24, 2.45) is 10.2 Å². The lowest BCUT2D eigenvalue weighted by Gasteiger charge is -2.06. The minimum atomic E-state index is -0.172. The first-order valence-electron chi connectivity index (χ1n) is 12.6. The van der Waals surface area contributed by atoms with Gasteiger partial charge in [-0.15, -0.1) is 5.10 Å². The molecule has 0 aliphatic carbocycles. The summed E-state index contributed by atoms with van der Waals surface area (Å²) < 4.78 is 5.80. The third-order valence-electron chi connectivity index (χ3n) is 5.79. The number of ether oxygens (including phenoxy) is 1. The van der Waals surface area contributed by atoms with Crippen molar-refractivity contribution < 1.29 is 9.53 Å². The first-order valence-corrected chi connectivity index (χ1v) is 13.4. The highest BCUT2D eigenvalue weighted by atomic mass is 32.2. The van der Waals surface area contributed by atoms with E-state index in [9.17, 15) is 4.79 Å². The molecule has 2 aromatic rings. The van der Waals surface area contributed by atoms with Crippen LogP contribution in [0.1, 0.15) is 75.5 Å². The Labute approximate surface area is 208 Å². The summed E-state index contributed by atoms with van der Waals surface area (Å²) >= 11 is 1.44. The molecule has 1 aliphatic heterocycles. The number of nitrogens with one attached hydrogen (secondary N) is 1. The van der Waals surface area contributed by atoms with Crippen LogP contribution in [-0.2, 0) is 17.6 Å². The fourth-order valence-corrected chi connectivity index (χ4v) is 4.68. The molecule has 5 nitrogen and oxygen atoms in total. The normalized spacial score (nSPS) is 16.9. The molecule has 0 bridgehead atoms. The zero-order valence-corrected chi connectivity index (χ0v) is 21.3. The van der Waals surface area contributed by atoms with E-state index in [1.54, 1.807) is 6.21 Å². The second kappa shape index (κ2) is 14.6. The van der Waals surface area contributed by atoms with Crippen molar-refractivity contribution in [3.63, 3.8) is 0 Å². The van der Waals surface area contributed by atoms with E-state index in [1.807, 2.05) is 24.3 Å². The number of amides is 1. The zero-order chi connectivity index (χ0) is 24.0. The van der Waals surface area contributed by atoms with E-state index in [1.165, 1.54) is 61.4 Å². The number of hydrogen-bond donors (Lipinski definition) is 1. The van der Waals surface area contributed by atoms with Gasteiger partial charge in [-0.1, -0.05) is 82.0 Å².